The minimum absolute atomic E-state index is 0.107. The Labute approximate surface area is 107 Å². The van der Waals surface area contributed by atoms with Crippen LogP contribution in [-0.4, -0.2) is 36.8 Å². The maximum absolute atomic E-state index is 11.4. The van der Waals surface area contributed by atoms with E-state index >= 15 is 0 Å². The molecule has 1 unspecified atom stereocenters. The van der Waals surface area contributed by atoms with Crippen molar-refractivity contribution in [2.45, 2.75) is 19.1 Å². The van der Waals surface area contributed by atoms with Gasteiger partial charge < -0.3 is 9.53 Å². The second kappa shape index (κ2) is 5.78. The van der Waals surface area contributed by atoms with Crippen LogP contribution in [0.15, 0.2) is 24.3 Å². The van der Waals surface area contributed by atoms with Crippen molar-refractivity contribution in [3.05, 3.63) is 36.2 Å². The first-order valence-electron chi connectivity index (χ1n) is 5.97. The molecule has 0 saturated carbocycles. The van der Waals surface area contributed by atoms with Crippen molar-refractivity contribution in [3.63, 3.8) is 0 Å². The molecule has 0 spiro atoms. The number of para-hydroxylation sites is 1. The van der Waals surface area contributed by atoms with Gasteiger partial charge in [0.05, 0.1) is 13.0 Å². The zero-order chi connectivity index (χ0) is 13.0. The van der Waals surface area contributed by atoms with Crippen molar-refractivity contribution < 1.29 is 14.3 Å². The molecule has 95 valence electrons. The SMILES string of the molecule is CN(CC(=O)[CH]C=O)C1CCc2ccccc2O1. The van der Waals surface area contributed by atoms with Crippen molar-refractivity contribution in [1.29, 1.82) is 0 Å². The summed E-state index contributed by atoms with van der Waals surface area (Å²) in [6, 6.07) is 7.92. The molecule has 0 aromatic heterocycles. The highest BCUT2D eigenvalue weighted by Crippen LogP contribution is 2.27. The van der Waals surface area contributed by atoms with Crippen LogP contribution in [0.2, 0.25) is 0 Å². The van der Waals surface area contributed by atoms with E-state index < -0.39 is 0 Å². The molecule has 0 bridgehead atoms. The number of benzene rings is 1. The first-order valence-corrected chi connectivity index (χ1v) is 5.97. The largest absolute Gasteiger partial charge is 0.475 e. The van der Waals surface area contributed by atoms with E-state index in [4.69, 9.17) is 4.74 Å². The highest BCUT2D eigenvalue weighted by Gasteiger charge is 2.24. The van der Waals surface area contributed by atoms with E-state index in [0.717, 1.165) is 25.0 Å². The molecule has 1 radical (unpaired) electrons. The van der Waals surface area contributed by atoms with Gasteiger partial charge in [0.25, 0.3) is 0 Å². The highest BCUT2D eigenvalue weighted by molar-refractivity contribution is 6.02. The summed E-state index contributed by atoms with van der Waals surface area (Å²) in [6.07, 6.45) is 3.25. The van der Waals surface area contributed by atoms with Crippen LogP contribution < -0.4 is 4.74 Å². The van der Waals surface area contributed by atoms with Crippen LogP contribution in [-0.2, 0) is 16.0 Å². The first kappa shape index (κ1) is 12.8. The smallest absolute Gasteiger partial charge is 0.158 e. The molecule has 1 heterocycles. The second-order valence-electron chi connectivity index (χ2n) is 4.40. The Bertz CT molecular complexity index is 444. The first-order chi connectivity index (χ1) is 8.70. The number of likely N-dealkylation sites (N-methyl/N-ethyl adjacent to an activating group) is 1. The lowest BCUT2D eigenvalue weighted by Crippen LogP contribution is -2.41. The lowest BCUT2D eigenvalue weighted by molar-refractivity contribution is -0.120. The van der Waals surface area contributed by atoms with Gasteiger partial charge in [0.15, 0.2) is 12.0 Å². The number of aryl methyl sites for hydroxylation is 1. The predicted octanol–water partition coefficient (Wildman–Crippen LogP) is 1.24. The summed E-state index contributed by atoms with van der Waals surface area (Å²) in [5, 5.41) is 0. The van der Waals surface area contributed by atoms with Crippen LogP contribution in [0.25, 0.3) is 0 Å². The number of rotatable bonds is 5. The predicted molar refractivity (Wildman–Crippen MR) is 67.2 cm³/mol. The lowest BCUT2D eigenvalue weighted by Gasteiger charge is -2.32. The average molecular weight is 246 g/mol. The monoisotopic (exact) mass is 246 g/mol. The highest BCUT2D eigenvalue weighted by atomic mass is 16.5. The number of carbonyl (C=O) groups is 2. The minimum Gasteiger partial charge on any atom is -0.475 e. The molecule has 4 heteroatoms. The van der Waals surface area contributed by atoms with Crippen molar-refractivity contribution in [3.8, 4) is 5.75 Å². The van der Waals surface area contributed by atoms with Gasteiger partial charge in [-0.05, 0) is 25.1 Å². The summed E-state index contributed by atoms with van der Waals surface area (Å²) in [4.78, 5) is 23.4. The summed E-state index contributed by atoms with van der Waals surface area (Å²) >= 11 is 0. The van der Waals surface area contributed by atoms with Gasteiger partial charge in [-0.3, -0.25) is 9.69 Å². The molecule has 0 amide bonds. The van der Waals surface area contributed by atoms with Gasteiger partial charge in [0, 0.05) is 6.42 Å². The Kier molecular flexibility index (Phi) is 4.10. The zero-order valence-corrected chi connectivity index (χ0v) is 10.3. The fraction of sp³-hybridized carbons (Fsp3) is 0.357. The quantitative estimate of drug-likeness (QED) is 0.579. The number of ether oxygens (including phenoxy) is 1. The summed E-state index contributed by atoms with van der Waals surface area (Å²) in [5.74, 6) is 0.683. The molecule has 1 aromatic carbocycles. The number of ketones is 1. The number of hydrogen-bond acceptors (Lipinski definition) is 4. The van der Waals surface area contributed by atoms with E-state index in [2.05, 4.69) is 6.07 Å². The molecule has 18 heavy (non-hydrogen) atoms. The van der Waals surface area contributed by atoms with Crippen molar-refractivity contribution in [1.82, 2.24) is 4.90 Å². The maximum Gasteiger partial charge on any atom is 0.158 e. The third-order valence-electron chi connectivity index (χ3n) is 3.05. The van der Waals surface area contributed by atoms with Crippen molar-refractivity contribution >= 4 is 12.1 Å². The normalized spacial score (nSPS) is 18.0. The van der Waals surface area contributed by atoms with E-state index in [-0.39, 0.29) is 18.6 Å². The Morgan fingerprint density at radius 2 is 2.28 bits per heavy atom. The number of fused-ring (bicyclic) bond motifs is 1. The van der Waals surface area contributed by atoms with Gasteiger partial charge in [-0.1, -0.05) is 18.2 Å². The van der Waals surface area contributed by atoms with Gasteiger partial charge in [-0.15, -0.1) is 0 Å². The fourth-order valence-corrected chi connectivity index (χ4v) is 2.10. The second-order valence-corrected chi connectivity index (χ2v) is 4.40. The summed E-state index contributed by atoms with van der Waals surface area (Å²) in [7, 11) is 1.83. The Hall–Kier alpha value is -1.68. The van der Waals surface area contributed by atoms with E-state index in [1.54, 1.807) is 0 Å². The Morgan fingerprint density at radius 1 is 1.50 bits per heavy atom. The molecule has 1 atom stereocenters. The summed E-state index contributed by atoms with van der Waals surface area (Å²) < 4.78 is 5.84. The van der Waals surface area contributed by atoms with E-state index in [9.17, 15) is 9.59 Å². The lowest BCUT2D eigenvalue weighted by atomic mass is 10.0. The van der Waals surface area contributed by atoms with Gasteiger partial charge in [-0.25, -0.2) is 0 Å². The Morgan fingerprint density at radius 3 is 3.06 bits per heavy atom. The molecule has 1 aliphatic rings. The van der Waals surface area contributed by atoms with Gasteiger partial charge in [0.2, 0.25) is 0 Å². The standard InChI is InChI=1S/C14H16NO3/c1-15(10-12(17)8-9-16)14-7-6-11-4-2-3-5-13(11)18-14/h2-5,8-9,14H,6-7,10H2,1H3. The zero-order valence-electron chi connectivity index (χ0n) is 10.3. The molecule has 1 aliphatic heterocycles. The van der Waals surface area contributed by atoms with Crippen LogP contribution in [0.3, 0.4) is 0 Å². The number of hydrogen-bond donors (Lipinski definition) is 0. The van der Waals surface area contributed by atoms with Crippen LogP contribution in [0, 0.1) is 6.42 Å². The number of Topliss-reactive ketones (excluding diaryl/α,β-unsaturated/α-hetero) is 1. The van der Waals surface area contributed by atoms with Crippen LogP contribution >= 0.6 is 0 Å². The summed E-state index contributed by atoms with van der Waals surface area (Å²) in [5.41, 5.74) is 1.20. The fourth-order valence-electron chi connectivity index (χ4n) is 2.10. The minimum atomic E-state index is -0.199. The van der Waals surface area contributed by atoms with E-state index in [1.165, 1.54) is 5.56 Å². The van der Waals surface area contributed by atoms with Crippen LogP contribution in [0.1, 0.15) is 12.0 Å². The van der Waals surface area contributed by atoms with Crippen molar-refractivity contribution in [2.75, 3.05) is 13.6 Å². The number of nitrogens with zero attached hydrogens (tertiary/aromatic N) is 1. The Balaban J connectivity index is 1.96. The molecule has 4 nitrogen and oxygen atoms in total. The van der Waals surface area contributed by atoms with E-state index in [1.807, 2.05) is 30.1 Å². The van der Waals surface area contributed by atoms with Crippen LogP contribution in [0.4, 0.5) is 0 Å². The number of aldehydes is 1. The molecule has 2 rings (SSSR count). The van der Waals surface area contributed by atoms with Gasteiger partial charge in [0.1, 0.15) is 12.0 Å². The average Bonchev–Trinajstić information content (AvgIpc) is 2.38. The molecule has 0 N–H and O–H groups in total. The van der Waals surface area contributed by atoms with Gasteiger partial charge in [-0.2, -0.15) is 0 Å². The summed E-state index contributed by atoms with van der Waals surface area (Å²) in [6.45, 7) is 0.200. The maximum atomic E-state index is 11.4. The molecule has 0 aliphatic carbocycles. The molecule has 1 aromatic rings. The molecular formula is C14H16NO3. The van der Waals surface area contributed by atoms with E-state index in [0.29, 0.717) is 6.29 Å². The molecule has 0 saturated heterocycles. The third-order valence-corrected chi connectivity index (χ3v) is 3.05. The number of carbonyl (C=O) groups excluding carboxylic acids is 2. The van der Waals surface area contributed by atoms with Crippen molar-refractivity contribution in [2.24, 2.45) is 0 Å². The molecular weight excluding hydrogens is 230 g/mol. The van der Waals surface area contributed by atoms with Gasteiger partial charge >= 0.3 is 0 Å². The molecule has 0 fully saturated rings. The van der Waals surface area contributed by atoms with Crippen LogP contribution in [0.5, 0.6) is 5.75 Å². The third kappa shape index (κ3) is 2.96. The topological polar surface area (TPSA) is 46.6 Å².